The lowest BCUT2D eigenvalue weighted by molar-refractivity contribution is -0.692. The molecule has 6 heteroatoms. The van der Waals surface area contributed by atoms with Gasteiger partial charge in [0.2, 0.25) is 0 Å². The summed E-state index contributed by atoms with van der Waals surface area (Å²) in [4.78, 5) is 0. The Hall–Kier alpha value is -1.92. The van der Waals surface area contributed by atoms with Crippen LogP contribution in [0, 0.1) is 0 Å². The summed E-state index contributed by atoms with van der Waals surface area (Å²) in [6.07, 6.45) is 9.47. The zero-order valence-electron chi connectivity index (χ0n) is 11.1. The largest absolute Gasteiger partial charge is 0.748 e. The van der Waals surface area contributed by atoms with E-state index in [0.717, 1.165) is 11.3 Å². The molecule has 0 fully saturated rings. The van der Waals surface area contributed by atoms with Gasteiger partial charge >= 0.3 is 0 Å². The first kappa shape index (κ1) is 14.5. The molecule has 2 aromatic rings. The van der Waals surface area contributed by atoms with Gasteiger partial charge in [0, 0.05) is 31.1 Å². The first-order valence-electron chi connectivity index (χ1n) is 6.16. The average Bonchev–Trinajstić information content (AvgIpc) is 2.80. The Morgan fingerprint density at radius 3 is 2.50 bits per heavy atom. The van der Waals surface area contributed by atoms with Gasteiger partial charge in [-0.3, -0.25) is 0 Å². The molecule has 5 nitrogen and oxygen atoms in total. The molecule has 2 aromatic heterocycles. The van der Waals surface area contributed by atoms with Crippen LogP contribution in [0.3, 0.4) is 0 Å². The summed E-state index contributed by atoms with van der Waals surface area (Å²) in [5.74, 6) is -0.393. The molecule has 0 bridgehead atoms. The van der Waals surface area contributed by atoms with E-state index in [9.17, 15) is 13.0 Å². The van der Waals surface area contributed by atoms with E-state index in [1.807, 2.05) is 54.2 Å². The number of hydrogen-bond donors (Lipinski definition) is 0. The molecule has 0 spiro atoms. The van der Waals surface area contributed by atoms with Crippen LogP contribution >= 0.6 is 0 Å². The third kappa shape index (κ3) is 4.32. The lowest BCUT2D eigenvalue weighted by atomic mass is 10.2. The molecule has 0 unspecified atom stereocenters. The van der Waals surface area contributed by atoms with Crippen molar-refractivity contribution in [2.45, 2.75) is 6.54 Å². The highest BCUT2D eigenvalue weighted by molar-refractivity contribution is 7.85. The third-order valence-electron chi connectivity index (χ3n) is 2.95. The van der Waals surface area contributed by atoms with Gasteiger partial charge in [-0.2, -0.15) is 0 Å². The number of hydrogen-bond acceptors (Lipinski definition) is 3. The number of rotatable bonds is 5. The zero-order chi connectivity index (χ0) is 14.6. The predicted molar refractivity (Wildman–Crippen MR) is 75.5 cm³/mol. The van der Waals surface area contributed by atoms with Gasteiger partial charge in [-0.1, -0.05) is 6.08 Å². The van der Waals surface area contributed by atoms with E-state index in [2.05, 4.69) is 0 Å². The van der Waals surface area contributed by atoms with Crippen LogP contribution in [0.5, 0.6) is 0 Å². The van der Waals surface area contributed by atoms with Gasteiger partial charge in [0.05, 0.1) is 5.75 Å². The van der Waals surface area contributed by atoms with Crippen molar-refractivity contribution in [2.24, 2.45) is 7.05 Å². The predicted octanol–water partition coefficient (Wildman–Crippen LogP) is 1.03. The van der Waals surface area contributed by atoms with Crippen molar-refractivity contribution in [1.29, 1.82) is 0 Å². The van der Waals surface area contributed by atoms with Crippen molar-refractivity contribution in [3.05, 3.63) is 54.1 Å². The van der Waals surface area contributed by atoms with E-state index in [1.54, 1.807) is 17.0 Å². The minimum Gasteiger partial charge on any atom is -0.748 e. The van der Waals surface area contributed by atoms with Gasteiger partial charge in [0.1, 0.15) is 10.1 Å². The van der Waals surface area contributed by atoms with Crippen molar-refractivity contribution in [1.82, 2.24) is 4.57 Å². The fraction of sp³-hybridized carbons (Fsp3) is 0.214. The topological polar surface area (TPSA) is 66.0 Å². The molecule has 0 saturated carbocycles. The fourth-order valence-electron chi connectivity index (χ4n) is 1.78. The summed E-state index contributed by atoms with van der Waals surface area (Å²) in [6, 6.07) is 7.73. The second-order valence-corrected chi connectivity index (χ2v) is 6.03. The van der Waals surface area contributed by atoms with Crippen LogP contribution in [0.25, 0.3) is 12.2 Å². The Labute approximate surface area is 118 Å². The second-order valence-electron chi connectivity index (χ2n) is 4.51. The fourth-order valence-corrected chi connectivity index (χ4v) is 2.21. The van der Waals surface area contributed by atoms with Gasteiger partial charge in [-0.15, -0.1) is 0 Å². The smallest absolute Gasteiger partial charge is 0.169 e. The summed E-state index contributed by atoms with van der Waals surface area (Å²) < 4.78 is 35.4. The van der Waals surface area contributed by atoms with Crippen molar-refractivity contribution >= 4 is 22.3 Å². The molecular formula is C14H16N2O3S. The highest BCUT2D eigenvalue weighted by Crippen LogP contribution is 2.06. The molecule has 0 aromatic carbocycles. The molecule has 106 valence electrons. The van der Waals surface area contributed by atoms with Crippen molar-refractivity contribution in [2.75, 3.05) is 5.75 Å². The number of aromatic nitrogens is 2. The zero-order valence-corrected chi connectivity index (χ0v) is 12.0. The second kappa shape index (κ2) is 6.02. The molecule has 0 aliphatic carbocycles. The SMILES string of the molecule is Cn1cccc1/C=C/c1cc[n+](CCS(=O)(=O)[O-])cc1. The van der Waals surface area contributed by atoms with E-state index in [0.29, 0.717) is 0 Å². The normalized spacial score (nSPS) is 12.1. The van der Waals surface area contributed by atoms with Gasteiger partial charge < -0.3 is 9.12 Å². The summed E-state index contributed by atoms with van der Waals surface area (Å²) in [5, 5.41) is 0. The molecule has 2 rings (SSSR count). The minimum atomic E-state index is -4.16. The Balaban J connectivity index is 2.02. The van der Waals surface area contributed by atoms with Crippen molar-refractivity contribution < 1.29 is 17.5 Å². The average molecular weight is 292 g/mol. The summed E-state index contributed by atoms with van der Waals surface area (Å²) >= 11 is 0. The molecule has 0 radical (unpaired) electrons. The Morgan fingerprint density at radius 1 is 1.25 bits per heavy atom. The van der Waals surface area contributed by atoms with Gasteiger partial charge in [-0.05, 0) is 23.8 Å². The Morgan fingerprint density at radius 2 is 1.95 bits per heavy atom. The molecule has 0 N–H and O–H groups in total. The van der Waals surface area contributed by atoms with Crippen LogP contribution in [-0.4, -0.2) is 23.3 Å². The maximum atomic E-state index is 10.6. The maximum absolute atomic E-state index is 10.6. The van der Waals surface area contributed by atoms with Gasteiger partial charge in [0.15, 0.2) is 18.9 Å². The van der Waals surface area contributed by atoms with E-state index >= 15 is 0 Å². The standard InChI is InChI=1S/C14H16N2O3S/c1-15-8-2-3-14(15)5-4-13-6-9-16(10-7-13)11-12-20(17,18)19/h2-10H,11-12H2,1H3. The third-order valence-corrected chi connectivity index (χ3v) is 3.63. The van der Waals surface area contributed by atoms with Gasteiger partial charge in [-0.25, -0.2) is 13.0 Å². The molecule has 0 amide bonds. The monoisotopic (exact) mass is 292 g/mol. The molecule has 0 saturated heterocycles. The lowest BCUT2D eigenvalue weighted by Crippen LogP contribution is -2.36. The van der Waals surface area contributed by atoms with Crippen LogP contribution in [0.1, 0.15) is 11.3 Å². The Bertz CT molecular complexity index is 700. The molecule has 20 heavy (non-hydrogen) atoms. The molecule has 2 heterocycles. The summed E-state index contributed by atoms with van der Waals surface area (Å²) in [5.41, 5.74) is 2.10. The lowest BCUT2D eigenvalue weighted by Gasteiger charge is -2.03. The first-order valence-corrected chi connectivity index (χ1v) is 7.74. The number of aryl methyl sites for hydroxylation is 2. The highest BCUT2D eigenvalue weighted by Gasteiger charge is 2.03. The van der Waals surface area contributed by atoms with Crippen LogP contribution < -0.4 is 4.57 Å². The van der Waals surface area contributed by atoms with E-state index in [-0.39, 0.29) is 6.54 Å². The summed E-state index contributed by atoms with van der Waals surface area (Å²) in [7, 11) is -2.19. The van der Waals surface area contributed by atoms with Crippen molar-refractivity contribution in [3.63, 3.8) is 0 Å². The first-order chi connectivity index (χ1) is 9.44. The van der Waals surface area contributed by atoms with Crippen LogP contribution in [0.15, 0.2) is 42.9 Å². The molecule has 0 aliphatic heterocycles. The number of nitrogens with zero attached hydrogens (tertiary/aromatic N) is 2. The van der Waals surface area contributed by atoms with Crippen LogP contribution in [0.2, 0.25) is 0 Å². The molecule has 0 atom stereocenters. The number of pyridine rings is 1. The Kier molecular flexibility index (Phi) is 4.36. The van der Waals surface area contributed by atoms with Crippen LogP contribution in [-0.2, 0) is 23.7 Å². The quantitative estimate of drug-likeness (QED) is 0.610. The minimum absolute atomic E-state index is 0.174. The molecule has 0 aliphatic rings. The van der Waals surface area contributed by atoms with E-state index in [4.69, 9.17) is 0 Å². The van der Waals surface area contributed by atoms with E-state index < -0.39 is 15.9 Å². The van der Waals surface area contributed by atoms with Gasteiger partial charge in [0.25, 0.3) is 0 Å². The van der Waals surface area contributed by atoms with E-state index in [1.165, 1.54) is 0 Å². The summed E-state index contributed by atoms with van der Waals surface area (Å²) in [6.45, 7) is 0.174. The highest BCUT2D eigenvalue weighted by atomic mass is 32.2. The molecular weight excluding hydrogens is 276 g/mol. The van der Waals surface area contributed by atoms with Crippen LogP contribution in [0.4, 0.5) is 0 Å². The van der Waals surface area contributed by atoms with Crippen molar-refractivity contribution in [3.8, 4) is 0 Å². The maximum Gasteiger partial charge on any atom is 0.169 e.